The Morgan fingerprint density at radius 3 is 2.33 bits per heavy atom. The molecule has 6 N–H and O–H groups in total. The van der Waals surface area contributed by atoms with Gasteiger partial charge in [0.2, 0.25) is 0 Å². The van der Waals surface area contributed by atoms with Gasteiger partial charge in [-0.05, 0) is 101 Å². The number of aliphatic hydroxyl groups is 6. The van der Waals surface area contributed by atoms with Gasteiger partial charge in [0.25, 0.3) is 0 Å². The zero-order chi connectivity index (χ0) is 33.2. The summed E-state index contributed by atoms with van der Waals surface area (Å²) in [6.07, 6.45) is 2.68. The van der Waals surface area contributed by atoms with E-state index in [-0.39, 0.29) is 32.1 Å². The Balaban J connectivity index is 1.41. The Bertz CT molecular complexity index is 1360. The summed E-state index contributed by atoms with van der Waals surface area (Å²) in [6, 6.07) is 9.24. The molecule has 3 saturated carbocycles. The Labute approximate surface area is 265 Å². The average molecular weight is 627 g/mol. The molecule has 10 atom stereocenters. The van der Waals surface area contributed by atoms with Gasteiger partial charge >= 0.3 is 5.97 Å². The molecule has 5 rings (SSSR count). The summed E-state index contributed by atoms with van der Waals surface area (Å²) in [5, 5.41) is 68.5. The minimum absolute atomic E-state index is 0.0208. The van der Waals surface area contributed by atoms with Gasteiger partial charge in [0.05, 0.1) is 29.0 Å². The fraction of sp³-hybridized carbons (Fsp3) is 0.667. The molecule has 45 heavy (non-hydrogen) atoms. The monoisotopic (exact) mass is 626 g/mol. The molecule has 0 radical (unpaired) electrons. The highest BCUT2D eigenvalue weighted by Crippen LogP contribution is 2.69. The van der Waals surface area contributed by atoms with Crippen LogP contribution in [-0.2, 0) is 14.3 Å². The summed E-state index contributed by atoms with van der Waals surface area (Å²) in [7, 11) is 0. The highest BCUT2D eigenvalue weighted by atomic mass is 16.6. The lowest BCUT2D eigenvalue weighted by Crippen LogP contribution is -2.69. The lowest BCUT2D eigenvalue weighted by Gasteiger charge is -2.63. The number of ether oxygens (including phenoxy) is 1. The van der Waals surface area contributed by atoms with E-state index in [0.29, 0.717) is 24.8 Å². The van der Waals surface area contributed by atoms with Crippen molar-refractivity contribution in [2.24, 2.45) is 22.7 Å². The van der Waals surface area contributed by atoms with Crippen LogP contribution in [0.1, 0.15) is 91.5 Å². The smallest absolute Gasteiger partial charge is 0.331 e. The van der Waals surface area contributed by atoms with Crippen molar-refractivity contribution in [2.45, 2.75) is 127 Å². The summed E-state index contributed by atoms with van der Waals surface area (Å²) < 4.78 is 5.71. The number of fused-ring (bicyclic) bond motifs is 5. The highest BCUT2D eigenvalue weighted by molar-refractivity contribution is 6.00. The highest BCUT2D eigenvalue weighted by Gasteiger charge is 2.72. The molecule has 0 heterocycles. The van der Waals surface area contributed by atoms with E-state index in [1.165, 1.54) is 12.2 Å². The summed E-state index contributed by atoms with van der Waals surface area (Å²) in [4.78, 5) is 26.6. The second-order valence-electron chi connectivity index (χ2n) is 15.5. The van der Waals surface area contributed by atoms with Gasteiger partial charge in [-0.15, -0.1) is 0 Å². The number of esters is 1. The van der Waals surface area contributed by atoms with Crippen molar-refractivity contribution in [3.63, 3.8) is 0 Å². The van der Waals surface area contributed by atoms with Crippen LogP contribution in [0.2, 0.25) is 0 Å². The molecule has 0 bridgehead atoms. The first kappa shape index (κ1) is 33.9. The van der Waals surface area contributed by atoms with Crippen LogP contribution in [0.4, 0.5) is 0 Å². The molecule has 0 amide bonds. The number of rotatable bonds is 8. The van der Waals surface area contributed by atoms with Gasteiger partial charge in [-0.2, -0.15) is 0 Å². The molecule has 0 unspecified atom stereocenters. The van der Waals surface area contributed by atoms with Crippen molar-refractivity contribution in [3.8, 4) is 0 Å². The van der Waals surface area contributed by atoms with Gasteiger partial charge < -0.3 is 35.4 Å². The molecule has 248 valence electrons. The van der Waals surface area contributed by atoms with Crippen molar-refractivity contribution in [2.75, 3.05) is 0 Å². The maximum absolute atomic E-state index is 13.8. The number of ketones is 1. The number of aliphatic hydroxyl groups excluding tert-OH is 2. The lowest BCUT2D eigenvalue weighted by molar-refractivity contribution is -0.216. The third kappa shape index (κ3) is 5.53. The summed E-state index contributed by atoms with van der Waals surface area (Å²) >= 11 is 0. The normalized spacial score (nSPS) is 40.2. The fourth-order valence-corrected chi connectivity index (χ4v) is 9.32. The molecular weight excluding hydrogens is 576 g/mol. The maximum Gasteiger partial charge on any atom is 0.331 e. The zero-order valence-electron chi connectivity index (χ0n) is 27.1. The maximum atomic E-state index is 13.8. The van der Waals surface area contributed by atoms with Crippen molar-refractivity contribution in [1.82, 2.24) is 0 Å². The quantitative estimate of drug-likeness (QED) is 0.188. The number of hydrogen-bond acceptors (Lipinski definition) is 9. The zero-order valence-corrected chi connectivity index (χ0v) is 27.1. The molecular formula is C36H50O9. The third-order valence-corrected chi connectivity index (χ3v) is 12.2. The number of carbonyl (C=O) groups excluding carboxylic acids is 2. The number of hydrogen-bond donors (Lipinski definition) is 6. The Morgan fingerprint density at radius 2 is 1.69 bits per heavy atom. The van der Waals surface area contributed by atoms with Crippen molar-refractivity contribution in [1.29, 1.82) is 0 Å². The molecule has 3 fully saturated rings. The molecule has 0 aromatic heterocycles. The van der Waals surface area contributed by atoms with Crippen LogP contribution in [-0.4, -0.2) is 83.1 Å². The van der Waals surface area contributed by atoms with E-state index in [1.807, 2.05) is 37.3 Å². The van der Waals surface area contributed by atoms with Crippen molar-refractivity contribution in [3.05, 3.63) is 53.6 Å². The molecule has 4 aliphatic carbocycles. The molecule has 4 aliphatic rings. The van der Waals surface area contributed by atoms with Crippen LogP contribution in [0.3, 0.4) is 0 Å². The van der Waals surface area contributed by atoms with Crippen LogP contribution in [0.15, 0.2) is 48.1 Å². The minimum atomic E-state index is -1.91. The molecule has 0 saturated heterocycles. The average Bonchev–Trinajstić information content (AvgIpc) is 3.25. The van der Waals surface area contributed by atoms with E-state index in [2.05, 4.69) is 0 Å². The summed E-state index contributed by atoms with van der Waals surface area (Å²) in [5.41, 5.74) is -6.69. The standard InChI is InChI=1S/C36H50O9/c1-31(2,41)16-15-28(38)34(5,42)27-14-18-35(43)24-19-29(39)36(44)20-25(37)26(21-33(36,4)23(24)13-17-32(27,35)3)45-30(40)12-11-22-9-7-6-8-10-22/h6-12,19,23,25-28,37-38,41-44H,13-18,20-21H2,1-5H3/b12-11+/t23-,25-,26-,27+,28-,32-,33-,34-,35-,36-/m1/s1. The largest absolute Gasteiger partial charge is 0.456 e. The second-order valence-corrected chi connectivity index (χ2v) is 15.5. The van der Waals surface area contributed by atoms with Crippen molar-refractivity contribution < 1.29 is 45.0 Å². The van der Waals surface area contributed by atoms with Crippen LogP contribution >= 0.6 is 0 Å². The van der Waals surface area contributed by atoms with Crippen LogP contribution < -0.4 is 0 Å². The molecule has 0 aliphatic heterocycles. The summed E-state index contributed by atoms with van der Waals surface area (Å²) in [6.45, 7) is 8.57. The molecule has 1 aromatic carbocycles. The SMILES string of the molecule is CC(C)(O)CC[C@@H](O)[C@](C)(O)[C@H]1CC[C@@]2(O)C3=CC(=O)[C@]4(O)C[C@@H](O)[C@H](OC(=O)/C=C/c5ccccc5)C[C@]4(C)[C@@H]3CC[C@]12C. The summed E-state index contributed by atoms with van der Waals surface area (Å²) in [5.74, 6) is -2.19. The molecule has 9 heteroatoms. The van der Waals surface area contributed by atoms with E-state index in [1.54, 1.807) is 33.8 Å². The van der Waals surface area contributed by atoms with Crippen LogP contribution in [0.5, 0.6) is 0 Å². The Morgan fingerprint density at radius 1 is 1.02 bits per heavy atom. The van der Waals surface area contributed by atoms with Gasteiger partial charge in [-0.1, -0.05) is 44.2 Å². The van der Waals surface area contributed by atoms with Crippen molar-refractivity contribution >= 4 is 17.8 Å². The number of benzene rings is 1. The predicted octanol–water partition coefficient (Wildman–Crippen LogP) is 3.23. The van der Waals surface area contributed by atoms with E-state index >= 15 is 0 Å². The first-order valence-corrected chi connectivity index (χ1v) is 16.2. The topological polar surface area (TPSA) is 165 Å². The first-order valence-electron chi connectivity index (χ1n) is 16.2. The Kier molecular flexibility index (Phi) is 8.59. The lowest BCUT2D eigenvalue weighted by atomic mass is 9.44. The van der Waals surface area contributed by atoms with Gasteiger partial charge in [0.1, 0.15) is 11.7 Å². The predicted molar refractivity (Wildman–Crippen MR) is 167 cm³/mol. The van der Waals surface area contributed by atoms with E-state index in [0.717, 1.165) is 5.56 Å². The molecule has 0 spiro atoms. The molecule has 9 nitrogen and oxygen atoms in total. The van der Waals surface area contributed by atoms with Gasteiger partial charge in [-0.25, -0.2) is 4.79 Å². The van der Waals surface area contributed by atoms with E-state index in [4.69, 9.17) is 4.74 Å². The third-order valence-electron chi connectivity index (χ3n) is 12.2. The van der Waals surface area contributed by atoms with Gasteiger partial charge in [0, 0.05) is 23.3 Å². The molecule has 1 aromatic rings. The first-order chi connectivity index (χ1) is 20.8. The number of carbonyl (C=O) groups is 2. The van der Waals surface area contributed by atoms with Gasteiger partial charge in [-0.3, -0.25) is 4.79 Å². The minimum Gasteiger partial charge on any atom is -0.456 e. The van der Waals surface area contributed by atoms with Crippen LogP contribution in [0, 0.1) is 22.7 Å². The second kappa shape index (κ2) is 11.4. The van der Waals surface area contributed by atoms with Gasteiger partial charge in [0.15, 0.2) is 5.78 Å². The van der Waals surface area contributed by atoms with E-state index < -0.39 is 75.1 Å². The van der Waals surface area contributed by atoms with E-state index in [9.17, 15) is 40.2 Å². The Hall–Kier alpha value is -2.40. The fourth-order valence-electron chi connectivity index (χ4n) is 9.32. The van der Waals surface area contributed by atoms with Crippen LogP contribution in [0.25, 0.3) is 6.08 Å².